The zero-order valence-corrected chi connectivity index (χ0v) is 19.9. The number of fused-ring (bicyclic) bond motifs is 1. The van der Waals surface area contributed by atoms with Crippen molar-refractivity contribution in [2.75, 3.05) is 39.8 Å². The van der Waals surface area contributed by atoms with Gasteiger partial charge in [0.2, 0.25) is 11.8 Å². The van der Waals surface area contributed by atoms with Gasteiger partial charge in [0.05, 0.1) is 24.1 Å². The fourth-order valence-corrected chi connectivity index (χ4v) is 6.85. The smallest absolute Gasteiger partial charge is 0.353 e. The summed E-state index contributed by atoms with van der Waals surface area (Å²) < 4.78 is 0. The number of carbonyl (C=O) groups excluding carboxylic acids is 2. The number of rotatable bonds is 5. The van der Waals surface area contributed by atoms with Crippen molar-refractivity contribution < 1.29 is 24.6 Å². The van der Waals surface area contributed by atoms with Crippen molar-refractivity contribution in [3.8, 4) is 0 Å². The number of piperazine rings is 1. The van der Waals surface area contributed by atoms with Crippen LogP contribution in [0.3, 0.4) is 0 Å². The lowest BCUT2D eigenvalue weighted by Crippen LogP contribution is -2.63. The molecule has 4 aliphatic rings. The molecule has 5 N–H and O–H groups in total. The summed E-state index contributed by atoms with van der Waals surface area (Å²) >= 11 is 1.44. The second-order valence-electron chi connectivity index (χ2n) is 9.12. The summed E-state index contributed by atoms with van der Waals surface area (Å²) in [7, 11) is 1.71. The van der Waals surface area contributed by atoms with Crippen molar-refractivity contribution in [2.24, 2.45) is 11.8 Å². The zero-order chi connectivity index (χ0) is 24.0. The first kappa shape index (κ1) is 23.8. The van der Waals surface area contributed by atoms with Crippen LogP contribution in [-0.4, -0.2) is 112 Å². The molecule has 0 bridgehead atoms. The maximum Gasteiger partial charge on any atom is 0.353 e. The van der Waals surface area contributed by atoms with Gasteiger partial charge in [-0.1, -0.05) is 6.92 Å². The van der Waals surface area contributed by atoms with Crippen LogP contribution >= 0.6 is 11.8 Å². The van der Waals surface area contributed by atoms with Gasteiger partial charge in [0.15, 0.2) is 5.96 Å². The number of β-lactam (4-membered cyclic amide) rings is 1. The molecule has 0 unspecified atom stereocenters. The molecular formula is C21H32N6O5S. The maximum atomic E-state index is 13.0. The Labute approximate surface area is 197 Å². The van der Waals surface area contributed by atoms with E-state index in [1.807, 2.05) is 16.7 Å². The van der Waals surface area contributed by atoms with Crippen LogP contribution in [0.2, 0.25) is 0 Å². The second-order valence-corrected chi connectivity index (χ2v) is 10.5. The van der Waals surface area contributed by atoms with Gasteiger partial charge in [0, 0.05) is 55.8 Å². The van der Waals surface area contributed by atoms with Crippen molar-refractivity contribution >= 4 is 35.5 Å². The molecule has 4 heterocycles. The van der Waals surface area contributed by atoms with E-state index < -0.39 is 18.0 Å². The predicted octanol–water partition coefficient (Wildman–Crippen LogP) is -1.10. The zero-order valence-electron chi connectivity index (χ0n) is 19.1. The van der Waals surface area contributed by atoms with Gasteiger partial charge in [0.1, 0.15) is 5.70 Å². The van der Waals surface area contributed by atoms with E-state index in [1.54, 1.807) is 14.0 Å². The van der Waals surface area contributed by atoms with Gasteiger partial charge in [-0.25, -0.2) is 4.79 Å². The number of hydrogen-bond acceptors (Lipinski definition) is 7. The number of carboxylic acids is 1. The van der Waals surface area contributed by atoms with Crippen LogP contribution in [0.25, 0.3) is 0 Å². The van der Waals surface area contributed by atoms with E-state index in [2.05, 4.69) is 10.6 Å². The number of carboxylic acid groups (broad SMARTS) is 1. The minimum atomic E-state index is -1.13. The molecule has 182 valence electrons. The van der Waals surface area contributed by atoms with Crippen LogP contribution in [0.4, 0.5) is 0 Å². The van der Waals surface area contributed by atoms with Crippen LogP contribution < -0.4 is 10.6 Å². The van der Waals surface area contributed by atoms with Crippen molar-refractivity contribution in [1.82, 2.24) is 25.3 Å². The van der Waals surface area contributed by atoms with Gasteiger partial charge in [0.25, 0.3) is 0 Å². The molecule has 0 aromatic heterocycles. The number of nitrogens with one attached hydrogen (secondary N) is 3. The molecule has 0 saturated carbocycles. The molecule has 0 aromatic rings. The minimum Gasteiger partial charge on any atom is -0.477 e. The number of hydrogen-bond donors (Lipinski definition) is 5. The van der Waals surface area contributed by atoms with Gasteiger partial charge < -0.3 is 35.5 Å². The molecule has 3 fully saturated rings. The van der Waals surface area contributed by atoms with Crippen LogP contribution in [0.15, 0.2) is 10.6 Å². The number of nitrogens with zero attached hydrogens (tertiary/aromatic N) is 3. The number of aliphatic hydroxyl groups is 1. The first-order valence-electron chi connectivity index (χ1n) is 11.3. The minimum absolute atomic E-state index is 0.0170. The topological polar surface area (TPSA) is 149 Å². The highest BCUT2D eigenvalue weighted by atomic mass is 32.2. The molecule has 0 aromatic carbocycles. The Balaban J connectivity index is 1.38. The normalized spacial score (nSPS) is 32.5. The van der Waals surface area contributed by atoms with E-state index in [9.17, 15) is 24.6 Å². The van der Waals surface area contributed by atoms with E-state index in [4.69, 9.17) is 5.41 Å². The quantitative estimate of drug-likeness (QED) is 0.188. The summed E-state index contributed by atoms with van der Waals surface area (Å²) in [6.07, 6.45) is -0.245. The van der Waals surface area contributed by atoms with Crippen molar-refractivity contribution in [1.29, 1.82) is 5.41 Å². The molecule has 4 rings (SSSR count). The Kier molecular flexibility index (Phi) is 6.61. The predicted molar refractivity (Wildman–Crippen MR) is 122 cm³/mol. The standard InChI is InChI=1S/C21H32N6O5S/c1-10-15-14(11(2)28)19(30)27(15)16(20(31)32)17(10)33-12-8-13(24-9-12)18(29)25-4-6-26(7-5-25)21(22)23-3/h10-15,24,28H,4-9H2,1-3H3,(H2,22,23)(H,31,32)/t10-,11-,12+,13+,14-,15-/m1/s1. The molecule has 0 radical (unpaired) electrons. The summed E-state index contributed by atoms with van der Waals surface area (Å²) in [5, 5.41) is 33.8. The van der Waals surface area contributed by atoms with E-state index in [0.29, 0.717) is 50.0 Å². The van der Waals surface area contributed by atoms with Gasteiger partial charge >= 0.3 is 5.97 Å². The third-order valence-corrected chi connectivity index (χ3v) is 8.65. The van der Waals surface area contributed by atoms with Crippen LogP contribution in [0.5, 0.6) is 0 Å². The summed E-state index contributed by atoms with van der Waals surface area (Å²) in [6.45, 7) is 6.39. The third kappa shape index (κ3) is 4.08. The number of thioether (sulfide) groups is 1. The number of guanidine groups is 1. The molecule has 4 aliphatic heterocycles. The van der Waals surface area contributed by atoms with Crippen LogP contribution in [-0.2, 0) is 14.4 Å². The molecular weight excluding hydrogens is 448 g/mol. The van der Waals surface area contributed by atoms with Crippen LogP contribution in [0, 0.1) is 17.2 Å². The molecule has 0 spiro atoms. The molecule has 0 aliphatic carbocycles. The number of aliphatic hydroxyl groups excluding tert-OH is 1. The summed E-state index contributed by atoms with van der Waals surface area (Å²) in [5.74, 6) is -1.83. The molecule has 11 nitrogen and oxygen atoms in total. The molecule has 2 amide bonds. The summed E-state index contributed by atoms with van der Waals surface area (Å²) in [6, 6.07) is -0.655. The highest BCUT2D eigenvalue weighted by molar-refractivity contribution is 8.03. The lowest BCUT2D eigenvalue weighted by molar-refractivity contribution is -0.163. The second kappa shape index (κ2) is 9.15. The largest absolute Gasteiger partial charge is 0.477 e. The van der Waals surface area contributed by atoms with Gasteiger partial charge in [-0.15, -0.1) is 11.8 Å². The first-order valence-corrected chi connectivity index (χ1v) is 12.2. The lowest BCUT2D eigenvalue weighted by Gasteiger charge is -2.46. The Morgan fingerprint density at radius 3 is 2.45 bits per heavy atom. The van der Waals surface area contributed by atoms with Gasteiger partial charge in [-0.3, -0.25) is 15.0 Å². The average molecular weight is 481 g/mol. The Hall–Kier alpha value is -2.31. The van der Waals surface area contributed by atoms with Gasteiger partial charge in [-0.2, -0.15) is 0 Å². The molecule has 3 saturated heterocycles. The van der Waals surface area contributed by atoms with Crippen molar-refractivity contribution in [3.05, 3.63) is 10.6 Å². The summed E-state index contributed by atoms with van der Waals surface area (Å²) in [5.41, 5.74) is 0.0253. The Morgan fingerprint density at radius 1 is 1.24 bits per heavy atom. The van der Waals surface area contributed by atoms with E-state index in [0.717, 1.165) is 0 Å². The van der Waals surface area contributed by atoms with Gasteiger partial charge in [-0.05, 0) is 13.3 Å². The Bertz CT molecular complexity index is 886. The lowest BCUT2D eigenvalue weighted by atomic mass is 9.79. The number of aliphatic carboxylic acids is 1. The molecule has 33 heavy (non-hydrogen) atoms. The molecule has 12 heteroatoms. The maximum absolute atomic E-state index is 13.0. The highest BCUT2D eigenvalue weighted by Gasteiger charge is 2.60. The number of amides is 2. The van der Waals surface area contributed by atoms with Crippen molar-refractivity contribution in [3.63, 3.8) is 0 Å². The van der Waals surface area contributed by atoms with Crippen LogP contribution in [0.1, 0.15) is 20.3 Å². The third-order valence-electron chi connectivity index (χ3n) is 7.14. The summed E-state index contributed by atoms with van der Waals surface area (Å²) in [4.78, 5) is 43.2. The van der Waals surface area contributed by atoms with Crippen molar-refractivity contribution in [2.45, 2.75) is 43.7 Å². The van der Waals surface area contributed by atoms with E-state index >= 15 is 0 Å². The highest BCUT2D eigenvalue weighted by Crippen LogP contribution is 2.51. The fraction of sp³-hybridized carbons (Fsp3) is 0.714. The first-order chi connectivity index (χ1) is 15.6. The van der Waals surface area contributed by atoms with E-state index in [-0.39, 0.29) is 40.8 Å². The Morgan fingerprint density at radius 2 is 1.88 bits per heavy atom. The van der Waals surface area contributed by atoms with E-state index in [1.165, 1.54) is 16.7 Å². The fourth-order valence-electron chi connectivity index (χ4n) is 5.37. The number of carbonyl (C=O) groups is 3. The monoisotopic (exact) mass is 480 g/mol. The SMILES string of the molecule is CNC(=N)N1CCN(C(=O)[C@@H]2C[C@H](SC3=C(C(=O)O)N4C(=O)[C@H]([C@@H](C)O)[C@H]4[C@H]3C)CN2)CC1. The average Bonchev–Trinajstić information content (AvgIpc) is 3.34. The molecule has 6 atom stereocenters.